The van der Waals surface area contributed by atoms with Crippen molar-refractivity contribution in [1.82, 2.24) is 0 Å². The first-order valence-corrected chi connectivity index (χ1v) is 4.82. The van der Waals surface area contributed by atoms with Crippen molar-refractivity contribution < 1.29 is 8.78 Å². The summed E-state index contributed by atoms with van der Waals surface area (Å²) in [6.45, 7) is 3.70. The molecule has 0 saturated carbocycles. The number of rotatable bonds is 1. The highest BCUT2D eigenvalue weighted by molar-refractivity contribution is 9.10. The first-order chi connectivity index (χ1) is 4.34. The Bertz CT molecular complexity index is 131. The Morgan fingerprint density at radius 2 is 2.10 bits per heavy atom. The Morgan fingerprint density at radius 3 is 2.10 bits per heavy atom. The van der Waals surface area contributed by atoms with Crippen LogP contribution in [0.4, 0.5) is 8.78 Å². The molecule has 0 spiro atoms. The topological polar surface area (TPSA) is 0 Å². The van der Waals surface area contributed by atoms with E-state index in [0.717, 1.165) is 0 Å². The normalized spacial score (nSPS) is 31.5. The summed E-state index contributed by atoms with van der Waals surface area (Å²) in [4.78, 5) is -2.68. The first kappa shape index (κ1) is 8.78. The number of thioether (sulfide) groups is 1. The van der Waals surface area contributed by atoms with Gasteiger partial charge in [0.25, 0.3) is 0 Å². The van der Waals surface area contributed by atoms with Crippen molar-refractivity contribution in [2.45, 2.75) is 23.4 Å². The summed E-state index contributed by atoms with van der Waals surface area (Å²) in [6, 6.07) is 0. The molecule has 1 unspecified atom stereocenters. The zero-order valence-electron chi connectivity index (χ0n) is 5.83. The zero-order valence-corrected chi connectivity index (χ0v) is 8.23. The largest absolute Gasteiger partial charge is 0.306 e. The second kappa shape index (κ2) is 2.34. The lowest BCUT2D eigenvalue weighted by Crippen LogP contribution is -2.48. The van der Waals surface area contributed by atoms with Gasteiger partial charge in [-0.05, 0) is 15.9 Å². The van der Waals surface area contributed by atoms with Crippen molar-refractivity contribution in [3.05, 3.63) is 0 Å². The third-order valence-corrected chi connectivity index (χ3v) is 3.94. The van der Waals surface area contributed by atoms with Crippen LogP contribution in [0.3, 0.4) is 0 Å². The molecule has 0 aliphatic carbocycles. The molecule has 0 radical (unpaired) electrons. The van der Waals surface area contributed by atoms with Gasteiger partial charge in [0.15, 0.2) is 0 Å². The van der Waals surface area contributed by atoms with Gasteiger partial charge in [-0.25, -0.2) is 0 Å². The fraction of sp³-hybridized carbons (Fsp3) is 1.00. The maximum Gasteiger partial charge on any atom is 0.306 e. The summed E-state index contributed by atoms with van der Waals surface area (Å²) >= 11 is 3.97. The Hall–Kier alpha value is 0.690. The summed E-state index contributed by atoms with van der Waals surface area (Å²) < 4.78 is 24.9. The molecule has 0 aromatic rings. The number of alkyl halides is 3. The van der Waals surface area contributed by atoms with Crippen LogP contribution in [0.2, 0.25) is 0 Å². The molecule has 1 heterocycles. The predicted molar refractivity (Wildman–Crippen MR) is 43.9 cm³/mol. The molecule has 0 bridgehead atoms. The summed E-state index contributed by atoms with van der Waals surface area (Å²) in [5.74, 6) is 0.0515. The van der Waals surface area contributed by atoms with Crippen LogP contribution >= 0.6 is 27.7 Å². The van der Waals surface area contributed by atoms with E-state index in [4.69, 9.17) is 0 Å². The van der Waals surface area contributed by atoms with Crippen LogP contribution < -0.4 is 0 Å². The highest BCUT2D eigenvalue weighted by atomic mass is 79.9. The maximum absolute atomic E-state index is 12.6. The quantitative estimate of drug-likeness (QED) is 0.625. The summed E-state index contributed by atoms with van der Waals surface area (Å²) in [7, 11) is 0. The minimum atomic E-state index is -2.68. The van der Waals surface area contributed by atoms with Gasteiger partial charge in [-0.1, -0.05) is 13.8 Å². The van der Waals surface area contributed by atoms with Gasteiger partial charge < -0.3 is 0 Å². The van der Waals surface area contributed by atoms with Gasteiger partial charge in [0.2, 0.25) is 0 Å². The standard InChI is InChI=1S/C6H9BrF2S/c1-5(2)4(3-10-5)6(7,8)9/h4H,3H2,1-2H3. The van der Waals surface area contributed by atoms with Crippen LogP contribution in [0.25, 0.3) is 0 Å². The number of halogens is 3. The molecule has 1 saturated heterocycles. The SMILES string of the molecule is CC1(C)SCC1C(F)(F)Br. The molecule has 1 fully saturated rings. The van der Waals surface area contributed by atoms with Crippen LogP contribution in [-0.4, -0.2) is 15.3 Å². The predicted octanol–water partition coefficient (Wildman–Crippen LogP) is 3.12. The summed E-state index contributed by atoms with van der Waals surface area (Å²) in [5.41, 5.74) is 0. The van der Waals surface area contributed by atoms with E-state index in [0.29, 0.717) is 5.75 Å². The maximum atomic E-state index is 12.6. The van der Waals surface area contributed by atoms with Crippen LogP contribution in [-0.2, 0) is 0 Å². The van der Waals surface area contributed by atoms with Crippen LogP contribution in [0.1, 0.15) is 13.8 Å². The second-order valence-corrected chi connectivity index (χ2v) is 5.74. The second-order valence-electron chi connectivity index (χ2n) is 3.01. The van der Waals surface area contributed by atoms with Crippen molar-refractivity contribution >= 4 is 27.7 Å². The lowest BCUT2D eigenvalue weighted by atomic mass is 9.96. The third-order valence-electron chi connectivity index (χ3n) is 1.86. The lowest BCUT2D eigenvalue weighted by Gasteiger charge is -2.45. The van der Waals surface area contributed by atoms with E-state index in [1.165, 1.54) is 0 Å². The van der Waals surface area contributed by atoms with Gasteiger partial charge in [-0.3, -0.25) is 0 Å². The minimum absolute atomic E-state index is 0.257. The molecule has 0 amide bonds. The van der Waals surface area contributed by atoms with Gasteiger partial charge in [0.05, 0.1) is 5.92 Å². The fourth-order valence-corrected chi connectivity index (χ4v) is 3.45. The molecule has 0 aromatic heterocycles. The Kier molecular flexibility index (Phi) is 2.05. The minimum Gasteiger partial charge on any atom is -0.193 e. The monoisotopic (exact) mass is 230 g/mol. The van der Waals surface area contributed by atoms with Gasteiger partial charge in [-0.15, -0.1) is 0 Å². The summed E-state index contributed by atoms with van der Waals surface area (Å²) in [6.07, 6.45) is 0. The molecule has 60 valence electrons. The van der Waals surface area contributed by atoms with Crippen LogP contribution in [0.15, 0.2) is 0 Å². The van der Waals surface area contributed by atoms with Crippen LogP contribution in [0, 0.1) is 5.92 Å². The Morgan fingerprint density at radius 1 is 1.60 bits per heavy atom. The van der Waals surface area contributed by atoms with E-state index in [9.17, 15) is 8.78 Å². The molecule has 0 N–H and O–H groups in total. The molecule has 4 heteroatoms. The van der Waals surface area contributed by atoms with Crippen LogP contribution in [0.5, 0.6) is 0 Å². The van der Waals surface area contributed by atoms with E-state index in [-0.39, 0.29) is 4.75 Å². The van der Waals surface area contributed by atoms with Crippen molar-refractivity contribution in [3.63, 3.8) is 0 Å². The highest BCUT2D eigenvalue weighted by Crippen LogP contribution is 2.54. The number of hydrogen-bond acceptors (Lipinski definition) is 1. The Balaban J connectivity index is 2.60. The van der Waals surface area contributed by atoms with Crippen molar-refractivity contribution in [3.8, 4) is 0 Å². The smallest absolute Gasteiger partial charge is 0.193 e. The molecule has 1 rings (SSSR count). The van der Waals surface area contributed by atoms with E-state index >= 15 is 0 Å². The Labute approximate surface area is 71.9 Å². The third kappa shape index (κ3) is 1.47. The van der Waals surface area contributed by atoms with Crippen molar-refractivity contribution in [1.29, 1.82) is 0 Å². The van der Waals surface area contributed by atoms with E-state index in [1.54, 1.807) is 11.8 Å². The fourth-order valence-electron chi connectivity index (χ4n) is 0.989. The molecule has 1 aliphatic rings. The van der Waals surface area contributed by atoms with Gasteiger partial charge in [0.1, 0.15) is 0 Å². The summed E-state index contributed by atoms with van der Waals surface area (Å²) in [5, 5.41) is 0. The highest BCUT2D eigenvalue weighted by Gasteiger charge is 2.53. The molecule has 1 aliphatic heterocycles. The van der Waals surface area contributed by atoms with Crippen molar-refractivity contribution in [2.75, 3.05) is 5.75 Å². The molecular formula is C6H9BrF2S. The average Bonchev–Trinajstić information content (AvgIpc) is 1.58. The van der Waals surface area contributed by atoms with Gasteiger partial charge in [0, 0.05) is 10.5 Å². The van der Waals surface area contributed by atoms with Gasteiger partial charge in [-0.2, -0.15) is 20.5 Å². The average molecular weight is 231 g/mol. The molecule has 0 aromatic carbocycles. The van der Waals surface area contributed by atoms with E-state index in [2.05, 4.69) is 15.9 Å². The molecule has 0 nitrogen and oxygen atoms in total. The molecule has 10 heavy (non-hydrogen) atoms. The zero-order chi connectivity index (χ0) is 7.99. The van der Waals surface area contributed by atoms with Crippen molar-refractivity contribution in [2.24, 2.45) is 5.92 Å². The molecule has 1 atom stereocenters. The van der Waals surface area contributed by atoms with Gasteiger partial charge >= 0.3 is 4.83 Å². The van der Waals surface area contributed by atoms with E-state index in [1.807, 2.05) is 13.8 Å². The molecular weight excluding hydrogens is 222 g/mol. The lowest BCUT2D eigenvalue weighted by molar-refractivity contribution is 0.0349. The first-order valence-electron chi connectivity index (χ1n) is 3.05. The number of hydrogen-bond donors (Lipinski definition) is 0. The van der Waals surface area contributed by atoms with E-state index < -0.39 is 10.7 Å².